The van der Waals surface area contributed by atoms with E-state index in [4.69, 9.17) is 4.98 Å². The highest BCUT2D eigenvalue weighted by molar-refractivity contribution is 7.26. The molecule has 2 heterocycles. The van der Waals surface area contributed by atoms with Gasteiger partial charge in [0.05, 0.1) is 7.05 Å². The number of aromatic nitrogens is 2. The first kappa shape index (κ1) is 15.3. The highest BCUT2D eigenvalue weighted by Crippen LogP contribution is 2.38. The van der Waals surface area contributed by atoms with Crippen molar-refractivity contribution in [1.29, 1.82) is 0 Å². The van der Waals surface area contributed by atoms with Crippen LogP contribution in [-0.2, 0) is 7.05 Å². The molecule has 2 nitrogen and oxygen atoms in total. The van der Waals surface area contributed by atoms with E-state index < -0.39 is 0 Å². The highest BCUT2D eigenvalue weighted by atomic mass is 32.1. The number of hydrogen-bond acceptors (Lipinski definition) is 2. The minimum absolute atomic E-state index is 1.11. The lowest BCUT2D eigenvalue weighted by atomic mass is 9.97. The summed E-state index contributed by atoms with van der Waals surface area (Å²) in [6.07, 6.45) is 1.95. The van der Waals surface area contributed by atoms with Gasteiger partial charge in [0, 0.05) is 15.6 Å². The number of benzene rings is 2. The Morgan fingerprint density at radius 3 is 2.54 bits per heavy atom. The molecule has 0 saturated heterocycles. The fourth-order valence-corrected chi connectivity index (χ4v) is 4.79. The molecule has 120 valence electrons. The Morgan fingerprint density at radius 1 is 0.958 bits per heavy atom. The Labute approximate surface area is 146 Å². The fraction of sp³-hybridized carbons (Fsp3) is 0.238. The van der Waals surface area contributed by atoms with Crippen LogP contribution >= 0.6 is 11.3 Å². The molecule has 0 aliphatic heterocycles. The minimum atomic E-state index is 1.11. The summed E-state index contributed by atoms with van der Waals surface area (Å²) in [5.41, 5.74) is 8.97. The van der Waals surface area contributed by atoms with Crippen molar-refractivity contribution in [3.05, 3.63) is 58.9 Å². The Hall–Kier alpha value is -2.26. The van der Waals surface area contributed by atoms with Crippen LogP contribution in [0.2, 0.25) is 0 Å². The molecule has 0 aliphatic rings. The van der Waals surface area contributed by atoms with Gasteiger partial charge in [-0.05, 0) is 67.6 Å². The van der Waals surface area contributed by atoms with Gasteiger partial charge < -0.3 is 0 Å². The molecular formula is C21H21N2S+. The van der Waals surface area contributed by atoms with E-state index in [9.17, 15) is 0 Å². The first-order chi connectivity index (χ1) is 11.5. The van der Waals surface area contributed by atoms with Crippen molar-refractivity contribution in [3.8, 4) is 11.3 Å². The molecule has 4 rings (SSSR count). The third-order valence-electron chi connectivity index (χ3n) is 4.81. The average Bonchev–Trinajstić information content (AvgIpc) is 2.88. The number of rotatable bonds is 1. The van der Waals surface area contributed by atoms with Crippen molar-refractivity contribution in [3.63, 3.8) is 0 Å². The van der Waals surface area contributed by atoms with Gasteiger partial charge in [-0.1, -0.05) is 17.7 Å². The molecule has 4 aromatic rings. The Bertz CT molecular complexity index is 1110. The van der Waals surface area contributed by atoms with Crippen molar-refractivity contribution in [2.24, 2.45) is 7.05 Å². The van der Waals surface area contributed by atoms with Crippen molar-refractivity contribution >= 4 is 31.6 Å². The van der Waals surface area contributed by atoms with Crippen molar-refractivity contribution in [1.82, 2.24) is 4.98 Å². The van der Waals surface area contributed by atoms with Crippen molar-refractivity contribution in [2.45, 2.75) is 27.7 Å². The van der Waals surface area contributed by atoms with Crippen LogP contribution in [0.15, 0.2) is 36.7 Å². The summed E-state index contributed by atoms with van der Waals surface area (Å²) >= 11 is 1.85. The van der Waals surface area contributed by atoms with Crippen LogP contribution in [0.25, 0.3) is 31.6 Å². The van der Waals surface area contributed by atoms with Crippen LogP contribution in [0, 0.1) is 27.7 Å². The van der Waals surface area contributed by atoms with Crippen LogP contribution < -0.4 is 4.57 Å². The topological polar surface area (TPSA) is 16.8 Å². The SMILES string of the molecule is Cc1cc(C)c(C)c(-c2c3sc4cc(C)ccc4c3nc[n+]2C)c1. The molecule has 24 heavy (non-hydrogen) atoms. The number of hydrogen-bond donors (Lipinski definition) is 0. The molecule has 0 N–H and O–H groups in total. The second-order valence-electron chi connectivity index (χ2n) is 6.74. The number of thiophene rings is 1. The number of aryl methyl sites for hydroxylation is 4. The van der Waals surface area contributed by atoms with E-state index in [1.54, 1.807) is 0 Å². The normalized spacial score (nSPS) is 11.5. The Morgan fingerprint density at radius 2 is 1.75 bits per heavy atom. The zero-order valence-electron chi connectivity index (χ0n) is 14.8. The zero-order valence-corrected chi connectivity index (χ0v) is 15.6. The number of nitrogens with zero attached hydrogens (tertiary/aromatic N) is 2. The first-order valence-electron chi connectivity index (χ1n) is 8.21. The standard InChI is InChI=1S/C21H21N2S/c1-12-6-7-16-18(10-12)24-21-19(16)22-11-23(5)20(21)17-9-13(2)8-14(3)15(17)4/h6-11H,1-5H3/q+1. The second-order valence-corrected chi connectivity index (χ2v) is 7.79. The van der Waals surface area contributed by atoms with Gasteiger partial charge in [0.2, 0.25) is 5.52 Å². The molecular weight excluding hydrogens is 312 g/mol. The first-order valence-corrected chi connectivity index (χ1v) is 9.03. The van der Waals surface area contributed by atoms with Gasteiger partial charge in [0.25, 0.3) is 6.33 Å². The fourth-order valence-electron chi connectivity index (χ4n) is 3.44. The maximum Gasteiger partial charge on any atom is 0.287 e. The monoisotopic (exact) mass is 333 g/mol. The molecule has 0 atom stereocenters. The quantitative estimate of drug-likeness (QED) is 0.439. The Kier molecular flexibility index (Phi) is 3.43. The third-order valence-corrected chi connectivity index (χ3v) is 5.96. The predicted octanol–water partition coefficient (Wildman–Crippen LogP) is 5.17. The van der Waals surface area contributed by atoms with Crippen LogP contribution in [0.4, 0.5) is 0 Å². The van der Waals surface area contributed by atoms with E-state index >= 15 is 0 Å². The van der Waals surface area contributed by atoms with Gasteiger partial charge in [-0.25, -0.2) is 4.57 Å². The second kappa shape index (κ2) is 5.38. The van der Waals surface area contributed by atoms with E-state index in [-0.39, 0.29) is 0 Å². The molecule has 0 fully saturated rings. The van der Waals surface area contributed by atoms with Crippen LogP contribution in [0.3, 0.4) is 0 Å². The summed E-state index contributed by atoms with van der Waals surface area (Å²) in [5, 5.41) is 1.25. The summed E-state index contributed by atoms with van der Waals surface area (Å²) in [6, 6.07) is 11.2. The maximum atomic E-state index is 4.73. The number of fused-ring (bicyclic) bond motifs is 3. The van der Waals surface area contributed by atoms with E-state index in [2.05, 4.69) is 69.6 Å². The predicted molar refractivity (Wildman–Crippen MR) is 103 cm³/mol. The summed E-state index contributed by atoms with van der Waals surface area (Å²) in [7, 11) is 2.09. The highest BCUT2D eigenvalue weighted by Gasteiger charge is 2.21. The molecule has 2 aromatic carbocycles. The van der Waals surface area contributed by atoms with Gasteiger partial charge in [-0.2, -0.15) is 0 Å². The lowest BCUT2D eigenvalue weighted by Gasteiger charge is -2.11. The molecule has 0 saturated carbocycles. The molecule has 0 aliphatic carbocycles. The lowest BCUT2D eigenvalue weighted by molar-refractivity contribution is -0.662. The summed E-state index contributed by atoms with van der Waals surface area (Å²) in [4.78, 5) is 4.73. The van der Waals surface area contributed by atoms with Gasteiger partial charge in [-0.15, -0.1) is 11.3 Å². The average molecular weight is 333 g/mol. The van der Waals surface area contributed by atoms with Crippen molar-refractivity contribution < 1.29 is 4.57 Å². The molecule has 0 bridgehead atoms. The van der Waals surface area contributed by atoms with Gasteiger partial charge in [0.1, 0.15) is 4.70 Å². The van der Waals surface area contributed by atoms with Crippen LogP contribution in [0.1, 0.15) is 22.3 Å². The maximum absolute atomic E-state index is 4.73. The van der Waals surface area contributed by atoms with Gasteiger partial charge in [-0.3, -0.25) is 0 Å². The summed E-state index contributed by atoms with van der Waals surface area (Å²) in [5.74, 6) is 0. The minimum Gasteiger partial charge on any atom is -0.231 e. The summed E-state index contributed by atoms with van der Waals surface area (Å²) < 4.78 is 4.74. The van der Waals surface area contributed by atoms with E-state index in [1.165, 1.54) is 48.3 Å². The van der Waals surface area contributed by atoms with Gasteiger partial charge >= 0.3 is 0 Å². The third kappa shape index (κ3) is 2.23. The van der Waals surface area contributed by atoms with E-state index in [0.717, 1.165) is 5.52 Å². The van der Waals surface area contributed by atoms with E-state index in [0.29, 0.717) is 0 Å². The zero-order chi connectivity index (χ0) is 17.0. The molecule has 0 amide bonds. The molecule has 0 radical (unpaired) electrons. The van der Waals surface area contributed by atoms with Crippen LogP contribution in [-0.4, -0.2) is 4.98 Å². The molecule has 0 spiro atoms. The lowest BCUT2D eigenvalue weighted by Crippen LogP contribution is -2.31. The molecule has 3 heteroatoms. The van der Waals surface area contributed by atoms with Crippen LogP contribution in [0.5, 0.6) is 0 Å². The van der Waals surface area contributed by atoms with E-state index in [1.807, 2.05) is 17.7 Å². The largest absolute Gasteiger partial charge is 0.287 e. The summed E-state index contributed by atoms with van der Waals surface area (Å²) in [6.45, 7) is 8.72. The Balaban J connectivity index is 2.16. The van der Waals surface area contributed by atoms with Crippen molar-refractivity contribution in [2.75, 3.05) is 0 Å². The molecule has 2 aromatic heterocycles. The van der Waals surface area contributed by atoms with Gasteiger partial charge in [0.15, 0.2) is 5.69 Å². The molecule has 0 unspecified atom stereocenters. The smallest absolute Gasteiger partial charge is 0.231 e.